The van der Waals surface area contributed by atoms with Gasteiger partial charge in [-0.25, -0.2) is 0 Å². The van der Waals surface area contributed by atoms with Crippen molar-refractivity contribution in [2.75, 3.05) is 6.54 Å². The number of rotatable bonds is 4. The Bertz CT molecular complexity index is 649. The van der Waals surface area contributed by atoms with E-state index in [0.717, 1.165) is 29.8 Å². The second-order valence-electron chi connectivity index (χ2n) is 5.47. The Kier molecular flexibility index (Phi) is 4.26. The Balaban J connectivity index is 1.55. The predicted octanol–water partition coefficient (Wildman–Crippen LogP) is 3.80. The maximum Gasteiger partial charge on any atom is 0.251 e. The van der Waals surface area contributed by atoms with Gasteiger partial charge < -0.3 is 5.32 Å². The Morgan fingerprint density at radius 1 is 1.05 bits per heavy atom. The highest BCUT2D eigenvalue weighted by Crippen LogP contribution is 2.22. The van der Waals surface area contributed by atoms with Gasteiger partial charge in [-0.3, -0.25) is 4.79 Å². The molecule has 21 heavy (non-hydrogen) atoms. The molecule has 0 radical (unpaired) electrons. The lowest BCUT2D eigenvalue weighted by atomic mass is 10.1. The van der Waals surface area contributed by atoms with E-state index in [1.165, 1.54) is 23.1 Å². The molecule has 0 aromatic heterocycles. The zero-order chi connectivity index (χ0) is 14.7. The van der Waals surface area contributed by atoms with Crippen LogP contribution in [0.15, 0.2) is 42.5 Å². The van der Waals surface area contributed by atoms with Crippen LogP contribution in [-0.4, -0.2) is 12.5 Å². The van der Waals surface area contributed by atoms with E-state index < -0.39 is 0 Å². The predicted molar refractivity (Wildman–Crippen MR) is 86.0 cm³/mol. The second-order valence-corrected chi connectivity index (χ2v) is 5.91. The molecule has 0 unspecified atom stereocenters. The summed E-state index contributed by atoms with van der Waals surface area (Å²) in [6, 6.07) is 13.8. The number of hydrogen-bond acceptors (Lipinski definition) is 1. The Morgan fingerprint density at radius 2 is 1.81 bits per heavy atom. The number of halogens is 1. The van der Waals surface area contributed by atoms with Gasteiger partial charge in [-0.2, -0.15) is 0 Å². The maximum absolute atomic E-state index is 12.2. The molecular weight excluding hydrogens is 282 g/mol. The van der Waals surface area contributed by atoms with Gasteiger partial charge in [0.25, 0.3) is 5.91 Å². The summed E-state index contributed by atoms with van der Waals surface area (Å²) in [7, 11) is 0. The van der Waals surface area contributed by atoms with Crippen LogP contribution in [0, 0.1) is 0 Å². The van der Waals surface area contributed by atoms with E-state index in [1.54, 1.807) is 0 Å². The number of aryl methyl sites for hydroxylation is 2. The van der Waals surface area contributed by atoms with Gasteiger partial charge >= 0.3 is 0 Å². The normalized spacial score (nSPS) is 13.0. The zero-order valence-electron chi connectivity index (χ0n) is 11.9. The molecule has 0 bridgehead atoms. The van der Waals surface area contributed by atoms with Crippen molar-refractivity contribution in [1.82, 2.24) is 5.32 Å². The summed E-state index contributed by atoms with van der Waals surface area (Å²) in [5.74, 6) is 0.0127. The quantitative estimate of drug-likeness (QED) is 0.914. The smallest absolute Gasteiger partial charge is 0.251 e. The number of nitrogens with one attached hydrogen (secondary N) is 1. The van der Waals surface area contributed by atoms with Crippen LogP contribution >= 0.6 is 11.6 Å². The molecule has 108 valence electrons. The van der Waals surface area contributed by atoms with Gasteiger partial charge in [-0.1, -0.05) is 29.8 Å². The van der Waals surface area contributed by atoms with E-state index in [1.807, 2.05) is 36.4 Å². The molecule has 3 heteroatoms. The maximum atomic E-state index is 12.2. The fourth-order valence-electron chi connectivity index (χ4n) is 2.79. The minimum Gasteiger partial charge on any atom is -0.352 e. The van der Waals surface area contributed by atoms with E-state index in [2.05, 4.69) is 11.4 Å². The van der Waals surface area contributed by atoms with E-state index in [9.17, 15) is 4.79 Å². The number of benzene rings is 2. The van der Waals surface area contributed by atoms with Crippen molar-refractivity contribution in [2.45, 2.75) is 25.7 Å². The van der Waals surface area contributed by atoms with Crippen LogP contribution in [0.4, 0.5) is 0 Å². The van der Waals surface area contributed by atoms with Gasteiger partial charge in [-0.15, -0.1) is 0 Å². The Hall–Kier alpha value is -1.80. The van der Waals surface area contributed by atoms with E-state index in [4.69, 9.17) is 11.6 Å². The minimum absolute atomic E-state index is 0.0127. The van der Waals surface area contributed by atoms with Gasteiger partial charge in [0.15, 0.2) is 0 Å². The summed E-state index contributed by atoms with van der Waals surface area (Å²) in [5.41, 5.74) is 4.67. The van der Waals surface area contributed by atoms with Crippen LogP contribution in [0.3, 0.4) is 0 Å². The molecule has 0 spiro atoms. The lowest BCUT2D eigenvalue weighted by molar-refractivity contribution is 0.0954. The summed E-state index contributed by atoms with van der Waals surface area (Å²) in [4.78, 5) is 12.2. The summed E-state index contributed by atoms with van der Waals surface area (Å²) < 4.78 is 0. The molecule has 1 aliphatic rings. The van der Waals surface area contributed by atoms with Crippen molar-refractivity contribution in [3.63, 3.8) is 0 Å². The third kappa shape index (κ3) is 3.45. The molecule has 2 nitrogen and oxygen atoms in total. The molecule has 1 aliphatic carbocycles. The molecule has 0 atom stereocenters. The molecule has 2 aromatic carbocycles. The van der Waals surface area contributed by atoms with Crippen LogP contribution < -0.4 is 5.32 Å². The summed E-state index contributed by atoms with van der Waals surface area (Å²) in [6.07, 6.45) is 4.26. The second kappa shape index (κ2) is 6.31. The molecule has 0 saturated carbocycles. The minimum atomic E-state index is 0.0127. The van der Waals surface area contributed by atoms with Crippen molar-refractivity contribution >= 4 is 17.5 Å². The SMILES string of the molecule is O=C(NCCc1ccc(Cl)cc1)c1ccc2c(c1)CCC2. The first-order chi connectivity index (χ1) is 10.2. The largest absolute Gasteiger partial charge is 0.352 e. The number of carbonyl (C=O) groups excluding carboxylic acids is 1. The van der Waals surface area contributed by atoms with E-state index in [0.29, 0.717) is 6.54 Å². The average Bonchev–Trinajstić information content (AvgIpc) is 2.96. The van der Waals surface area contributed by atoms with Crippen molar-refractivity contribution in [3.8, 4) is 0 Å². The summed E-state index contributed by atoms with van der Waals surface area (Å²) in [5, 5.41) is 3.72. The highest BCUT2D eigenvalue weighted by molar-refractivity contribution is 6.30. The number of hydrogen-bond donors (Lipinski definition) is 1. The molecule has 0 heterocycles. The highest BCUT2D eigenvalue weighted by atomic mass is 35.5. The summed E-state index contributed by atoms with van der Waals surface area (Å²) >= 11 is 5.85. The van der Waals surface area contributed by atoms with Crippen molar-refractivity contribution in [2.24, 2.45) is 0 Å². The summed E-state index contributed by atoms with van der Waals surface area (Å²) in [6.45, 7) is 0.636. The molecule has 0 saturated heterocycles. The van der Waals surface area contributed by atoms with Crippen LogP contribution in [0.1, 0.15) is 33.5 Å². The standard InChI is InChI=1S/C18H18ClNO/c19-17-8-4-13(5-9-17)10-11-20-18(21)16-7-6-14-2-1-3-15(14)12-16/h4-9,12H,1-3,10-11H2,(H,20,21). The molecule has 2 aromatic rings. The van der Waals surface area contributed by atoms with Crippen molar-refractivity contribution < 1.29 is 4.79 Å². The lowest BCUT2D eigenvalue weighted by Gasteiger charge is -2.07. The number of amides is 1. The van der Waals surface area contributed by atoms with Gasteiger partial charge in [0.2, 0.25) is 0 Å². The van der Waals surface area contributed by atoms with Crippen LogP contribution in [0.5, 0.6) is 0 Å². The lowest BCUT2D eigenvalue weighted by Crippen LogP contribution is -2.25. The number of carbonyl (C=O) groups is 1. The molecule has 0 fully saturated rings. The third-order valence-electron chi connectivity index (χ3n) is 3.97. The molecule has 0 aliphatic heterocycles. The molecule has 3 rings (SSSR count). The van der Waals surface area contributed by atoms with Gasteiger partial charge in [-0.05, 0) is 66.6 Å². The van der Waals surface area contributed by atoms with Crippen LogP contribution in [-0.2, 0) is 19.3 Å². The first-order valence-corrected chi connectivity index (χ1v) is 7.74. The van der Waals surface area contributed by atoms with Gasteiger partial charge in [0.05, 0.1) is 0 Å². The monoisotopic (exact) mass is 299 g/mol. The average molecular weight is 300 g/mol. The number of fused-ring (bicyclic) bond motifs is 1. The Labute approximate surface area is 130 Å². The fourth-order valence-corrected chi connectivity index (χ4v) is 2.91. The van der Waals surface area contributed by atoms with Crippen molar-refractivity contribution in [1.29, 1.82) is 0 Å². The highest BCUT2D eigenvalue weighted by Gasteiger charge is 2.13. The first kappa shape index (κ1) is 14.2. The zero-order valence-corrected chi connectivity index (χ0v) is 12.6. The Morgan fingerprint density at radius 3 is 2.62 bits per heavy atom. The molecule has 1 amide bonds. The van der Waals surface area contributed by atoms with E-state index in [-0.39, 0.29) is 5.91 Å². The first-order valence-electron chi connectivity index (χ1n) is 7.37. The van der Waals surface area contributed by atoms with Gasteiger partial charge in [0.1, 0.15) is 0 Å². The topological polar surface area (TPSA) is 29.1 Å². The van der Waals surface area contributed by atoms with Crippen LogP contribution in [0.2, 0.25) is 5.02 Å². The fraction of sp³-hybridized carbons (Fsp3) is 0.278. The molecule has 1 N–H and O–H groups in total. The van der Waals surface area contributed by atoms with Crippen molar-refractivity contribution in [3.05, 3.63) is 69.7 Å². The van der Waals surface area contributed by atoms with E-state index >= 15 is 0 Å². The molecular formula is C18H18ClNO. The third-order valence-corrected chi connectivity index (χ3v) is 4.23. The van der Waals surface area contributed by atoms with Crippen LogP contribution in [0.25, 0.3) is 0 Å². The van der Waals surface area contributed by atoms with Gasteiger partial charge in [0, 0.05) is 17.1 Å².